The maximum Gasteiger partial charge on any atom is 0.166 e. The van der Waals surface area contributed by atoms with Gasteiger partial charge >= 0.3 is 0 Å². The quantitative estimate of drug-likeness (QED) is 0.560. The first-order chi connectivity index (χ1) is 17.1. The van der Waals surface area contributed by atoms with E-state index < -0.39 is 0 Å². The van der Waals surface area contributed by atoms with Crippen LogP contribution in [-0.4, -0.2) is 47.9 Å². The van der Waals surface area contributed by atoms with Crippen LogP contribution in [0.25, 0.3) is 10.9 Å². The van der Waals surface area contributed by atoms with Crippen molar-refractivity contribution in [3.05, 3.63) is 47.2 Å². The molecule has 2 fully saturated rings. The molecule has 5 heterocycles. The minimum Gasteiger partial charge on any atom is -0.493 e. The summed E-state index contributed by atoms with van der Waals surface area (Å²) < 4.78 is 28.8. The minimum atomic E-state index is -0.382. The van der Waals surface area contributed by atoms with E-state index >= 15 is 0 Å². The zero-order valence-electron chi connectivity index (χ0n) is 20.3. The predicted molar refractivity (Wildman–Crippen MR) is 131 cm³/mol. The first-order valence-corrected chi connectivity index (χ1v) is 13.2. The third-order valence-corrected chi connectivity index (χ3v) is 10.1. The Morgan fingerprint density at radius 3 is 2.89 bits per heavy atom. The molecule has 35 heavy (non-hydrogen) atoms. The highest BCUT2D eigenvalue weighted by molar-refractivity contribution is 5.94. The van der Waals surface area contributed by atoms with Crippen molar-refractivity contribution in [3.63, 3.8) is 0 Å². The highest BCUT2D eigenvalue weighted by Crippen LogP contribution is 2.70. The van der Waals surface area contributed by atoms with Crippen molar-refractivity contribution in [3.8, 4) is 23.0 Å². The lowest BCUT2D eigenvalue weighted by atomic mass is 9.52. The molecule has 3 aromatic rings. The zero-order chi connectivity index (χ0) is 23.1. The number of fused-ring (bicyclic) bond motifs is 4. The van der Waals surface area contributed by atoms with Crippen LogP contribution in [0.1, 0.15) is 49.1 Å². The van der Waals surface area contributed by atoms with E-state index in [1.165, 1.54) is 36.2 Å². The maximum atomic E-state index is 7.39. The number of benzene rings is 2. The van der Waals surface area contributed by atoms with E-state index in [1.54, 1.807) is 7.11 Å². The highest BCUT2D eigenvalue weighted by Gasteiger charge is 2.73. The second-order valence-electron chi connectivity index (χ2n) is 11.6. The van der Waals surface area contributed by atoms with E-state index in [0.717, 1.165) is 65.8 Å². The third-order valence-electron chi connectivity index (χ3n) is 10.1. The summed E-state index contributed by atoms with van der Waals surface area (Å²) in [6.45, 7) is 6.16. The molecule has 9 rings (SSSR count). The van der Waals surface area contributed by atoms with Crippen LogP contribution in [0.15, 0.2) is 30.3 Å². The zero-order valence-corrected chi connectivity index (χ0v) is 20.3. The summed E-state index contributed by atoms with van der Waals surface area (Å²) in [5, 5.41) is 1.15. The maximum absolute atomic E-state index is 7.39. The third kappa shape index (κ3) is 2.07. The Hall–Kier alpha value is -2.86. The van der Waals surface area contributed by atoms with Crippen molar-refractivity contribution in [2.24, 2.45) is 5.92 Å². The fraction of sp³-hybridized carbons (Fsp3) is 0.517. The molecule has 6 nitrogen and oxygen atoms in total. The van der Waals surface area contributed by atoms with Gasteiger partial charge in [0.1, 0.15) is 23.7 Å². The number of rotatable bonds is 3. The van der Waals surface area contributed by atoms with Crippen LogP contribution in [0.2, 0.25) is 0 Å². The van der Waals surface area contributed by atoms with Gasteiger partial charge in [-0.2, -0.15) is 0 Å². The normalized spacial score (nSPS) is 33.4. The van der Waals surface area contributed by atoms with Gasteiger partial charge in [-0.1, -0.05) is 12.1 Å². The van der Waals surface area contributed by atoms with Crippen LogP contribution in [-0.2, 0) is 18.4 Å². The Labute approximate surface area is 204 Å². The summed E-state index contributed by atoms with van der Waals surface area (Å²) >= 11 is 0. The second-order valence-corrected chi connectivity index (χ2v) is 11.6. The Bertz CT molecular complexity index is 1440. The number of methoxy groups -OCH3 is 1. The Morgan fingerprint density at radius 2 is 2.03 bits per heavy atom. The number of aromatic nitrogens is 1. The molecular formula is C29H30N2O4. The average molecular weight is 471 g/mol. The molecule has 1 aromatic heterocycles. The van der Waals surface area contributed by atoms with Gasteiger partial charge in [-0.05, 0) is 68.8 Å². The lowest BCUT2D eigenvalue weighted by Gasteiger charge is -2.63. The molecular weight excluding hydrogens is 440 g/mol. The van der Waals surface area contributed by atoms with E-state index in [-0.39, 0.29) is 17.1 Å². The molecule has 2 bridgehead atoms. The van der Waals surface area contributed by atoms with Crippen molar-refractivity contribution < 1.29 is 18.9 Å². The lowest BCUT2D eigenvalue weighted by molar-refractivity contribution is -0.154. The second kappa shape index (κ2) is 6.09. The van der Waals surface area contributed by atoms with Crippen LogP contribution >= 0.6 is 0 Å². The van der Waals surface area contributed by atoms with Crippen LogP contribution in [0.4, 0.5) is 0 Å². The molecule has 180 valence electrons. The van der Waals surface area contributed by atoms with E-state index in [4.69, 9.17) is 18.9 Å². The molecule has 1 saturated heterocycles. The van der Waals surface area contributed by atoms with Gasteiger partial charge in [0, 0.05) is 17.5 Å². The SMILES string of the molecule is COc1ccc2c3c1O[C@H]1c4c(c5cccc6c5n4CCO6)OC4(C)[C@@H](C2)N(CC2CC2)CC[C@]314. The number of likely N-dealkylation sites (tertiary alicyclic amines) is 1. The largest absolute Gasteiger partial charge is 0.493 e. The van der Waals surface area contributed by atoms with Gasteiger partial charge in [0.25, 0.3) is 0 Å². The molecule has 4 atom stereocenters. The number of hydrogen-bond acceptors (Lipinski definition) is 5. The summed E-state index contributed by atoms with van der Waals surface area (Å²) in [5.74, 6) is 4.59. The van der Waals surface area contributed by atoms with E-state index in [1.807, 2.05) is 0 Å². The summed E-state index contributed by atoms with van der Waals surface area (Å²) in [6, 6.07) is 11.1. The highest BCUT2D eigenvalue weighted by atomic mass is 16.5. The Kier molecular flexibility index (Phi) is 3.37. The van der Waals surface area contributed by atoms with E-state index in [9.17, 15) is 0 Å². The van der Waals surface area contributed by atoms with Gasteiger partial charge in [-0.3, -0.25) is 4.90 Å². The number of ether oxygens (including phenoxy) is 4. The number of nitrogens with zero attached hydrogens (tertiary/aromatic N) is 2. The summed E-state index contributed by atoms with van der Waals surface area (Å²) in [5.41, 5.74) is 4.49. The Balaban J connectivity index is 1.36. The van der Waals surface area contributed by atoms with Crippen molar-refractivity contribution in [2.75, 3.05) is 26.8 Å². The molecule has 2 aliphatic carbocycles. The fourth-order valence-corrected chi connectivity index (χ4v) is 8.40. The summed E-state index contributed by atoms with van der Waals surface area (Å²) in [7, 11) is 1.76. The molecule has 1 unspecified atom stereocenters. The Morgan fingerprint density at radius 1 is 1.11 bits per heavy atom. The van der Waals surface area contributed by atoms with Gasteiger partial charge in [-0.25, -0.2) is 0 Å². The molecule has 2 aromatic carbocycles. The molecule has 0 N–H and O–H groups in total. The number of hydrogen-bond donors (Lipinski definition) is 0. The van der Waals surface area contributed by atoms with Crippen molar-refractivity contribution >= 4 is 10.9 Å². The molecule has 1 saturated carbocycles. The van der Waals surface area contributed by atoms with Gasteiger partial charge in [0.05, 0.1) is 30.6 Å². The van der Waals surface area contributed by atoms with Crippen LogP contribution < -0.4 is 18.9 Å². The molecule has 0 amide bonds. The van der Waals surface area contributed by atoms with Gasteiger partial charge in [0.15, 0.2) is 23.4 Å². The van der Waals surface area contributed by atoms with Crippen molar-refractivity contribution in [1.29, 1.82) is 0 Å². The monoisotopic (exact) mass is 470 g/mol. The minimum absolute atomic E-state index is 0.0921. The topological polar surface area (TPSA) is 45.1 Å². The smallest absolute Gasteiger partial charge is 0.166 e. The van der Waals surface area contributed by atoms with Gasteiger partial charge < -0.3 is 23.5 Å². The standard InChI is InChI=1S/C29H30N2O4/c1-28-21-14-17-8-9-20(32-2)26-22(17)29(28,10-11-30(21)15-16-6-7-16)27(34-26)24-25(35-28)18-4-3-5-19-23(18)31(24)12-13-33-19/h3-5,8-9,16,21,27H,6-7,10-15H2,1-2H3/t21-,27+,28?,29+/m1/s1. The van der Waals surface area contributed by atoms with Gasteiger partial charge in [0.2, 0.25) is 0 Å². The molecule has 1 spiro atoms. The van der Waals surface area contributed by atoms with E-state index in [0.29, 0.717) is 12.6 Å². The predicted octanol–water partition coefficient (Wildman–Crippen LogP) is 4.61. The summed E-state index contributed by atoms with van der Waals surface area (Å²) in [6.07, 6.45) is 4.68. The summed E-state index contributed by atoms with van der Waals surface area (Å²) in [4.78, 5) is 2.75. The van der Waals surface area contributed by atoms with Gasteiger partial charge in [-0.15, -0.1) is 0 Å². The lowest BCUT2D eigenvalue weighted by Crippen LogP contribution is -2.74. The molecule has 6 heteroatoms. The first-order valence-electron chi connectivity index (χ1n) is 13.2. The van der Waals surface area contributed by atoms with Crippen molar-refractivity contribution in [2.45, 2.75) is 62.3 Å². The molecule has 0 radical (unpaired) electrons. The fourth-order valence-electron chi connectivity index (χ4n) is 8.40. The van der Waals surface area contributed by atoms with Crippen LogP contribution in [0.3, 0.4) is 0 Å². The molecule has 6 aliphatic rings. The molecule has 4 aliphatic heterocycles. The van der Waals surface area contributed by atoms with Crippen LogP contribution in [0, 0.1) is 5.92 Å². The number of para-hydroxylation sites is 1. The van der Waals surface area contributed by atoms with Crippen LogP contribution in [0.5, 0.6) is 23.0 Å². The number of piperidine rings is 1. The van der Waals surface area contributed by atoms with E-state index in [2.05, 4.69) is 46.7 Å². The first kappa shape index (κ1) is 19.3. The average Bonchev–Trinajstić information content (AvgIpc) is 3.54. The van der Waals surface area contributed by atoms with Crippen molar-refractivity contribution in [1.82, 2.24) is 9.47 Å².